The summed E-state index contributed by atoms with van der Waals surface area (Å²) in [7, 11) is -1.36. The van der Waals surface area contributed by atoms with Gasteiger partial charge in [0.05, 0.1) is 5.47 Å². The van der Waals surface area contributed by atoms with E-state index in [4.69, 9.17) is 10.0 Å². The van der Waals surface area contributed by atoms with Crippen molar-refractivity contribution in [2.45, 2.75) is 0 Å². The van der Waals surface area contributed by atoms with Crippen molar-refractivity contribution in [1.82, 2.24) is 0 Å². The van der Waals surface area contributed by atoms with Crippen LogP contribution in [0.25, 0.3) is 0 Å². The normalized spacial score (nSPS) is 14.7. The number of hydrogen-bond donors (Lipinski definition) is 2. The summed E-state index contributed by atoms with van der Waals surface area (Å²) in [5, 5.41) is 17.1. The SMILES string of the molecule is OB(O)C1=CC=[C+]C=C1. The first-order valence-corrected chi connectivity index (χ1v) is 2.63. The summed E-state index contributed by atoms with van der Waals surface area (Å²) in [5.74, 6) is 0. The van der Waals surface area contributed by atoms with Gasteiger partial charge in [0.1, 0.15) is 12.2 Å². The third kappa shape index (κ3) is 1.51. The molecule has 0 unspecified atom stereocenters. The Bertz CT molecular complexity index is 179. The molecule has 0 saturated carbocycles. The van der Waals surface area contributed by atoms with Crippen LogP contribution in [0.4, 0.5) is 0 Å². The fraction of sp³-hybridized carbons (Fsp3) is 0. The maximum atomic E-state index is 8.57. The number of allylic oxidation sites excluding steroid dienone is 6. The zero-order chi connectivity index (χ0) is 6.69. The quantitative estimate of drug-likeness (QED) is 0.374. The first kappa shape index (κ1) is 6.24. The van der Waals surface area contributed by atoms with Crippen molar-refractivity contribution in [3.8, 4) is 0 Å². The summed E-state index contributed by atoms with van der Waals surface area (Å²) in [6, 6.07) is 0. The number of hydrogen-bond acceptors (Lipinski definition) is 2. The second-order valence-electron chi connectivity index (χ2n) is 1.71. The standard InChI is InChI=1S/C6H6BO2/c8-7(9)6-4-2-1-3-5-6/h2-5,8-9H/q+1. The fourth-order valence-corrected chi connectivity index (χ4v) is 0.572. The highest BCUT2D eigenvalue weighted by molar-refractivity contribution is 6.51. The molecule has 0 saturated heterocycles. The first-order valence-electron chi connectivity index (χ1n) is 2.63. The highest BCUT2D eigenvalue weighted by Gasteiger charge is 2.17. The average molecular weight is 121 g/mol. The van der Waals surface area contributed by atoms with Gasteiger partial charge in [-0.25, -0.2) is 0 Å². The van der Waals surface area contributed by atoms with Crippen LogP contribution < -0.4 is 0 Å². The van der Waals surface area contributed by atoms with E-state index in [9.17, 15) is 0 Å². The van der Waals surface area contributed by atoms with E-state index in [1.807, 2.05) is 0 Å². The predicted molar refractivity (Wildman–Crippen MR) is 35.2 cm³/mol. The summed E-state index contributed by atoms with van der Waals surface area (Å²) < 4.78 is 0. The lowest BCUT2D eigenvalue weighted by Gasteiger charge is -1.90. The molecule has 1 aliphatic carbocycles. The van der Waals surface area contributed by atoms with Crippen LogP contribution in [0.2, 0.25) is 0 Å². The lowest BCUT2D eigenvalue weighted by molar-refractivity contribution is 0.420. The first-order chi connectivity index (χ1) is 4.30. The summed E-state index contributed by atoms with van der Waals surface area (Å²) in [4.78, 5) is 0. The molecule has 1 aliphatic rings. The minimum Gasteiger partial charge on any atom is -0.422 e. The van der Waals surface area contributed by atoms with Gasteiger partial charge in [-0.1, -0.05) is 0 Å². The second-order valence-corrected chi connectivity index (χ2v) is 1.71. The molecule has 44 valence electrons. The van der Waals surface area contributed by atoms with Gasteiger partial charge in [0.2, 0.25) is 0 Å². The Morgan fingerprint density at radius 2 is 2.22 bits per heavy atom. The molecular formula is C6H6BO2+. The molecule has 0 aliphatic heterocycles. The Morgan fingerprint density at radius 1 is 1.44 bits per heavy atom. The second kappa shape index (κ2) is 2.60. The molecule has 0 fully saturated rings. The Hall–Kier alpha value is -0.885. The molecule has 9 heavy (non-hydrogen) atoms. The van der Waals surface area contributed by atoms with Crippen LogP contribution in [-0.4, -0.2) is 17.2 Å². The molecule has 0 amide bonds. The van der Waals surface area contributed by atoms with Crippen LogP contribution in [0.1, 0.15) is 0 Å². The molecule has 2 nitrogen and oxygen atoms in total. The molecule has 0 aromatic rings. The van der Waals surface area contributed by atoms with E-state index in [0.29, 0.717) is 5.47 Å². The highest BCUT2D eigenvalue weighted by atomic mass is 16.4. The zero-order valence-corrected chi connectivity index (χ0v) is 4.78. The van der Waals surface area contributed by atoms with Crippen LogP contribution in [0, 0.1) is 6.08 Å². The molecule has 0 spiro atoms. The molecular weight excluding hydrogens is 115 g/mol. The van der Waals surface area contributed by atoms with Crippen LogP contribution >= 0.6 is 0 Å². The molecule has 0 atom stereocenters. The molecule has 0 heterocycles. The van der Waals surface area contributed by atoms with E-state index < -0.39 is 7.12 Å². The Kier molecular flexibility index (Phi) is 1.80. The summed E-state index contributed by atoms with van der Waals surface area (Å²) >= 11 is 0. The summed E-state index contributed by atoms with van der Waals surface area (Å²) in [5.41, 5.74) is 0.494. The summed E-state index contributed by atoms with van der Waals surface area (Å²) in [6.45, 7) is 0. The molecule has 0 aromatic carbocycles. The van der Waals surface area contributed by atoms with E-state index in [2.05, 4.69) is 6.08 Å². The van der Waals surface area contributed by atoms with Crippen LogP contribution in [0.3, 0.4) is 0 Å². The molecule has 3 heteroatoms. The fourth-order valence-electron chi connectivity index (χ4n) is 0.572. The van der Waals surface area contributed by atoms with Crippen molar-refractivity contribution >= 4 is 7.12 Å². The minimum atomic E-state index is -1.36. The van der Waals surface area contributed by atoms with E-state index in [0.717, 1.165) is 0 Å². The monoisotopic (exact) mass is 121 g/mol. The molecule has 0 radical (unpaired) electrons. The average Bonchev–Trinajstić information content (AvgIpc) is 1.90. The van der Waals surface area contributed by atoms with Crippen molar-refractivity contribution in [3.63, 3.8) is 0 Å². The maximum Gasteiger partial charge on any atom is 0.517 e. The van der Waals surface area contributed by atoms with Crippen LogP contribution in [0.5, 0.6) is 0 Å². The van der Waals surface area contributed by atoms with E-state index in [1.54, 1.807) is 24.3 Å². The van der Waals surface area contributed by atoms with E-state index in [-0.39, 0.29) is 0 Å². The van der Waals surface area contributed by atoms with Gasteiger partial charge >= 0.3 is 7.12 Å². The lowest BCUT2D eigenvalue weighted by Crippen LogP contribution is -2.13. The van der Waals surface area contributed by atoms with Gasteiger partial charge in [-0.2, -0.15) is 0 Å². The minimum absolute atomic E-state index is 0.494. The molecule has 0 bridgehead atoms. The third-order valence-corrected chi connectivity index (χ3v) is 1.04. The Balaban J connectivity index is 2.72. The van der Waals surface area contributed by atoms with Crippen LogP contribution in [-0.2, 0) is 0 Å². The maximum absolute atomic E-state index is 8.57. The zero-order valence-electron chi connectivity index (χ0n) is 4.78. The van der Waals surface area contributed by atoms with Crippen molar-refractivity contribution in [1.29, 1.82) is 0 Å². The van der Waals surface area contributed by atoms with E-state index in [1.165, 1.54) is 0 Å². The van der Waals surface area contributed by atoms with Gasteiger partial charge < -0.3 is 10.0 Å². The lowest BCUT2D eigenvalue weighted by atomic mass is 9.78. The van der Waals surface area contributed by atoms with E-state index >= 15 is 0 Å². The van der Waals surface area contributed by atoms with Crippen molar-refractivity contribution < 1.29 is 10.0 Å². The van der Waals surface area contributed by atoms with Gasteiger partial charge in [0.15, 0.2) is 0 Å². The van der Waals surface area contributed by atoms with Gasteiger partial charge in [-0.05, 0) is 0 Å². The van der Waals surface area contributed by atoms with Gasteiger partial charge in [-0.15, -0.1) is 0 Å². The number of rotatable bonds is 1. The van der Waals surface area contributed by atoms with Gasteiger partial charge in [0, 0.05) is 18.2 Å². The summed E-state index contributed by atoms with van der Waals surface area (Å²) in [6.07, 6.45) is 9.24. The molecule has 0 aromatic heterocycles. The van der Waals surface area contributed by atoms with Crippen molar-refractivity contribution in [2.75, 3.05) is 0 Å². The van der Waals surface area contributed by atoms with Gasteiger partial charge in [0.25, 0.3) is 0 Å². The highest BCUT2D eigenvalue weighted by Crippen LogP contribution is 2.02. The van der Waals surface area contributed by atoms with Crippen molar-refractivity contribution in [3.05, 3.63) is 35.9 Å². The molecule has 1 rings (SSSR count). The van der Waals surface area contributed by atoms with Crippen LogP contribution in [0.15, 0.2) is 29.8 Å². The predicted octanol–water partition coefficient (Wildman–Crippen LogP) is -0.146. The largest absolute Gasteiger partial charge is 0.517 e. The van der Waals surface area contributed by atoms with Crippen molar-refractivity contribution in [2.24, 2.45) is 0 Å². The topological polar surface area (TPSA) is 40.5 Å². The Labute approximate surface area is 54.0 Å². The third-order valence-electron chi connectivity index (χ3n) is 1.04. The smallest absolute Gasteiger partial charge is 0.422 e. The van der Waals surface area contributed by atoms with Gasteiger partial charge in [-0.3, -0.25) is 0 Å². The Morgan fingerprint density at radius 3 is 2.56 bits per heavy atom. The molecule has 2 N–H and O–H groups in total.